The van der Waals surface area contributed by atoms with Crippen LogP contribution in [0.25, 0.3) is 11.3 Å². The Bertz CT molecular complexity index is 907. The van der Waals surface area contributed by atoms with Crippen LogP contribution >= 0.6 is 11.8 Å². The van der Waals surface area contributed by atoms with Crippen LogP contribution in [-0.2, 0) is 4.79 Å². The zero-order valence-corrected chi connectivity index (χ0v) is 17.3. The maximum Gasteiger partial charge on any atom is 0.232 e. The molecule has 0 unspecified atom stereocenters. The van der Waals surface area contributed by atoms with Gasteiger partial charge in [-0.2, -0.15) is 17.0 Å². The lowest BCUT2D eigenvalue weighted by Gasteiger charge is -2.34. The number of hydrogen-bond acceptors (Lipinski definition) is 6. The molecule has 2 aromatic rings. The highest BCUT2D eigenvalue weighted by atomic mass is 32.2. The van der Waals surface area contributed by atoms with Gasteiger partial charge in [-0.25, -0.2) is 4.68 Å². The van der Waals surface area contributed by atoms with Crippen molar-refractivity contribution in [1.82, 2.24) is 19.9 Å². The van der Waals surface area contributed by atoms with Crippen molar-refractivity contribution in [3.05, 3.63) is 36.0 Å². The van der Waals surface area contributed by atoms with Crippen LogP contribution in [0.15, 0.2) is 30.5 Å². The van der Waals surface area contributed by atoms with Crippen molar-refractivity contribution in [3.63, 3.8) is 0 Å². The third-order valence-corrected chi connectivity index (χ3v) is 6.91. The Labute approximate surface area is 174 Å². The summed E-state index contributed by atoms with van der Waals surface area (Å²) in [7, 11) is 0. The fourth-order valence-corrected chi connectivity index (χ4v) is 5.02. The van der Waals surface area contributed by atoms with Gasteiger partial charge in [-0.15, -0.1) is 5.10 Å². The third kappa shape index (κ3) is 4.16. The molecule has 1 aliphatic heterocycles. The third-order valence-electron chi connectivity index (χ3n) is 6.05. The molecule has 1 N–H and O–H groups in total. The zero-order chi connectivity index (χ0) is 20.4. The van der Waals surface area contributed by atoms with Crippen molar-refractivity contribution in [2.75, 3.05) is 24.6 Å². The lowest BCUT2D eigenvalue weighted by molar-refractivity contribution is -0.127. The van der Waals surface area contributed by atoms with E-state index in [2.05, 4.69) is 23.3 Å². The van der Waals surface area contributed by atoms with Crippen molar-refractivity contribution in [1.29, 1.82) is 5.26 Å². The van der Waals surface area contributed by atoms with Crippen LogP contribution in [0.4, 0.5) is 0 Å². The number of carbonyl (C=O) groups is 1. The van der Waals surface area contributed by atoms with E-state index < -0.39 is 6.10 Å². The molecule has 2 heterocycles. The Balaban J connectivity index is 1.44. The average molecular weight is 412 g/mol. The van der Waals surface area contributed by atoms with Gasteiger partial charge < -0.3 is 10.0 Å². The number of aromatic nitrogens is 3. The molecular weight excluding hydrogens is 386 g/mol. The molecule has 29 heavy (non-hydrogen) atoms. The molecule has 0 bridgehead atoms. The van der Waals surface area contributed by atoms with Gasteiger partial charge in [0, 0.05) is 18.7 Å². The highest BCUT2D eigenvalue weighted by Crippen LogP contribution is 2.41. The summed E-state index contributed by atoms with van der Waals surface area (Å²) in [4.78, 5) is 14.4. The first kappa shape index (κ1) is 19.9. The molecule has 0 spiro atoms. The van der Waals surface area contributed by atoms with Crippen molar-refractivity contribution in [2.45, 2.75) is 31.9 Å². The molecule has 1 amide bonds. The van der Waals surface area contributed by atoms with E-state index in [0.717, 1.165) is 36.5 Å². The van der Waals surface area contributed by atoms with Gasteiger partial charge in [0.25, 0.3) is 0 Å². The number of benzene rings is 1. The van der Waals surface area contributed by atoms with E-state index in [9.17, 15) is 9.90 Å². The SMILES string of the molecule is CCSCC(=O)N1C[C@H]2C[C@@H](n3cc(-c4ccc(C#N)cc4)nn3)[C@H](O)C[C@H]2C1. The van der Waals surface area contributed by atoms with Gasteiger partial charge in [-0.05, 0) is 42.6 Å². The number of thioether (sulfide) groups is 1. The fraction of sp³-hybridized carbons (Fsp3) is 0.524. The largest absolute Gasteiger partial charge is 0.391 e. The van der Waals surface area contributed by atoms with Gasteiger partial charge in [0.05, 0.1) is 35.7 Å². The fourth-order valence-electron chi connectivity index (χ4n) is 4.46. The number of nitriles is 1. The first-order chi connectivity index (χ1) is 14.1. The minimum Gasteiger partial charge on any atom is -0.391 e. The summed E-state index contributed by atoms with van der Waals surface area (Å²) in [6.07, 6.45) is 2.86. The molecule has 7 nitrogen and oxygen atoms in total. The van der Waals surface area contributed by atoms with E-state index in [1.165, 1.54) is 0 Å². The highest BCUT2D eigenvalue weighted by molar-refractivity contribution is 7.99. The first-order valence-electron chi connectivity index (χ1n) is 10.0. The van der Waals surface area contributed by atoms with Gasteiger partial charge in [0.1, 0.15) is 5.69 Å². The summed E-state index contributed by atoms with van der Waals surface area (Å²) in [6, 6.07) is 9.21. The van der Waals surface area contributed by atoms with Crippen molar-refractivity contribution in [3.8, 4) is 17.3 Å². The lowest BCUT2D eigenvalue weighted by atomic mass is 9.77. The Morgan fingerprint density at radius 1 is 1.28 bits per heavy atom. The average Bonchev–Trinajstić information content (AvgIpc) is 3.38. The molecule has 1 aliphatic carbocycles. The summed E-state index contributed by atoms with van der Waals surface area (Å²) in [5.74, 6) is 2.45. The van der Waals surface area contributed by atoms with E-state index in [0.29, 0.717) is 29.6 Å². The standard InChI is InChI=1S/C21H25N5O2S/c1-2-29-13-21(28)25-10-16-7-19(20(27)8-17(16)11-25)26-12-18(23-24-26)15-5-3-14(9-22)4-6-15/h3-6,12,16-17,19-20,27H,2,7-8,10-11,13H2,1H3/t16-,17+,19-,20-/m1/s1. The van der Waals surface area contributed by atoms with E-state index in [-0.39, 0.29) is 11.9 Å². The Kier molecular flexibility index (Phi) is 5.88. The van der Waals surface area contributed by atoms with Crippen LogP contribution in [0.1, 0.15) is 31.4 Å². The molecule has 8 heteroatoms. The van der Waals surface area contributed by atoms with Crippen molar-refractivity contribution >= 4 is 17.7 Å². The number of aliphatic hydroxyl groups is 1. The van der Waals surface area contributed by atoms with Gasteiger partial charge >= 0.3 is 0 Å². The monoisotopic (exact) mass is 411 g/mol. The molecular formula is C21H25N5O2S. The highest BCUT2D eigenvalue weighted by Gasteiger charge is 2.43. The molecule has 4 atom stereocenters. The second kappa shape index (κ2) is 8.56. The molecule has 1 saturated carbocycles. The van der Waals surface area contributed by atoms with Crippen LogP contribution in [0.5, 0.6) is 0 Å². The summed E-state index contributed by atoms with van der Waals surface area (Å²) in [5.41, 5.74) is 2.22. The van der Waals surface area contributed by atoms with Crippen molar-refractivity contribution < 1.29 is 9.90 Å². The number of aliphatic hydroxyl groups excluding tert-OH is 1. The molecule has 0 radical (unpaired) electrons. The van der Waals surface area contributed by atoms with E-state index >= 15 is 0 Å². The van der Waals surface area contributed by atoms with Gasteiger partial charge in [0.15, 0.2) is 0 Å². The Hall–Kier alpha value is -2.37. The van der Waals surface area contributed by atoms with Gasteiger partial charge in [0.2, 0.25) is 5.91 Å². The van der Waals surface area contributed by atoms with Crippen LogP contribution in [-0.4, -0.2) is 61.6 Å². The van der Waals surface area contributed by atoms with E-state index in [1.54, 1.807) is 28.6 Å². The summed E-state index contributed by atoms with van der Waals surface area (Å²) < 4.78 is 1.77. The van der Waals surface area contributed by atoms with Crippen LogP contribution in [0, 0.1) is 23.2 Å². The van der Waals surface area contributed by atoms with E-state index in [1.807, 2.05) is 23.2 Å². The predicted octanol–water partition coefficient (Wildman–Crippen LogP) is 2.34. The molecule has 1 saturated heterocycles. The maximum absolute atomic E-state index is 12.4. The zero-order valence-electron chi connectivity index (χ0n) is 16.4. The van der Waals surface area contributed by atoms with Crippen LogP contribution in [0.3, 0.4) is 0 Å². The normalized spacial score (nSPS) is 26.2. The minimum absolute atomic E-state index is 0.129. The van der Waals surface area contributed by atoms with Gasteiger partial charge in [-0.1, -0.05) is 24.3 Å². The second-order valence-corrected chi connectivity index (χ2v) is 9.11. The second-order valence-electron chi connectivity index (χ2n) is 7.84. The summed E-state index contributed by atoms with van der Waals surface area (Å²) in [6.45, 7) is 3.59. The smallest absolute Gasteiger partial charge is 0.232 e. The quantitative estimate of drug-likeness (QED) is 0.811. The van der Waals surface area contributed by atoms with Crippen LogP contribution in [0.2, 0.25) is 0 Å². The molecule has 152 valence electrons. The lowest BCUT2D eigenvalue weighted by Crippen LogP contribution is -2.36. The molecule has 4 rings (SSSR count). The molecule has 2 aliphatic rings. The number of nitrogens with zero attached hydrogens (tertiary/aromatic N) is 5. The van der Waals surface area contributed by atoms with Gasteiger partial charge in [-0.3, -0.25) is 4.79 Å². The summed E-state index contributed by atoms with van der Waals surface area (Å²) >= 11 is 1.66. The molecule has 1 aromatic carbocycles. The number of likely N-dealkylation sites (tertiary alicyclic amines) is 1. The topological polar surface area (TPSA) is 95.0 Å². The number of rotatable bonds is 5. The minimum atomic E-state index is -0.494. The van der Waals surface area contributed by atoms with Crippen LogP contribution < -0.4 is 0 Å². The summed E-state index contributed by atoms with van der Waals surface area (Å²) in [5, 5.41) is 28.2. The number of hydrogen-bond donors (Lipinski definition) is 1. The van der Waals surface area contributed by atoms with Crippen molar-refractivity contribution in [2.24, 2.45) is 11.8 Å². The Morgan fingerprint density at radius 2 is 2.00 bits per heavy atom. The maximum atomic E-state index is 12.4. The molecule has 2 fully saturated rings. The number of carbonyl (C=O) groups excluding carboxylic acids is 1. The Morgan fingerprint density at radius 3 is 2.69 bits per heavy atom. The predicted molar refractivity (Wildman–Crippen MR) is 111 cm³/mol. The molecule has 1 aromatic heterocycles. The van der Waals surface area contributed by atoms with E-state index in [4.69, 9.17) is 5.26 Å². The first-order valence-corrected chi connectivity index (χ1v) is 11.2. The number of fused-ring (bicyclic) bond motifs is 1. The number of amides is 1.